The monoisotopic (exact) mass is 309 g/mol. The fourth-order valence-electron chi connectivity index (χ4n) is 2.00. The van der Waals surface area contributed by atoms with Gasteiger partial charge >= 0.3 is 0 Å². The van der Waals surface area contributed by atoms with Crippen LogP contribution in [0.2, 0.25) is 4.34 Å². The SMILES string of the molecule is CN(Cc1ccc2c(c1)OCO2)C(=O)c1ccc(Cl)s1. The molecule has 1 aromatic heterocycles. The van der Waals surface area contributed by atoms with Gasteiger partial charge in [0, 0.05) is 13.6 Å². The van der Waals surface area contributed by atoms with Gasteiger partial charge in [-0.3, -0.25) is 4.79 Å². The van der Waals surface area contributed by atoms with Gasteiger partial charge in [0.2, 0.25) is 6.79 Å². The molecule has 1 aliphatic heterocycles. The van der Waals surface area contributed by atoms with E-state index in [2.05, 4.69) is 0 Å². The summed E-state index contributed by atoms with van der Waals surface area (Å²) in [6.45, 7) is 0.756. The van der Waals surface area contributed by atoms with E-state index < -0.39 is 0 Å². The number of ether oxygens (including phenoxy) is 2. The van der Waals surface area contributed by atoms with Gasteiger partial charge in [-0.15, -0.1) is 11.3 Å². The number of fused-ring (bicyclic) bond motifs is 1. The molecule has 0 spiro atoms. The number of nitrogens with zero attached hydrogens (tertiary/aromatic N) is 1. The molecule has 104 valence electrons. The molecule has 1 aromatic carbocycles. The van der Waals surface area contributed by atoms with Crippen LogP contribution in [0.1, 0.15) is 15.2 Å². The average Bonchev–Trinajstić information content (AvgIpc) is 3.05. The molecule has 0 fully saturated rings. The minimum Gasteiger partial charge on any atom is -0.454 e. The lowest BCUT2D eigenvalue weighted by Crippen LogP contribution is -2.25. The first-order valence-electron chi connectivity index (χ1n) is 6.03. The minimum atomic E-state index is -0.0421. The molecular weight excluding hydrogens is 298 g/mol. The van der Waals surface area contributed by atoms with Gasteiger partial charge in [0.05, 0.1) is 9.21 Å². The maximum absolute atomic E-state index is 12.2. The van der Waals surface area contributed by atoms with Gasteiger partial charge in [0.25, 0.3) is 5.91 Å². The summed E-state index contributed by atoms with van der Waals surface area (Å²) in [5, 5.41) is 0. The van der Waals surface area contributed by atoms with Crippen LogP contribution in [-0.2, 0) is 6.54 Å². The normalized spacial score (nSPS) is 12.5. The van der Waals surface area contributed by atoms with Crippen molar-refractivity contribution in [3.63, 3.8) is 0 Å². The highest BCUT2D eigenvalue weighted by Crippen LogP contribution is 2.33. The molecule has 4 nitrogen and oxygen atoms in total. The average molecular weight is 310 g/mol. The number of amides is 1. The zero-order chi connectivity index (χ0) is 14.1. The highest BCUT2D eigenvalue weighted by atomic mass is 35.5. The summed E-state index contributed by atoms with van der Waals surface area (Å²) in [5.41, 5.74) is 0.993. The van der Waals surface area contributed by atoms with Crippen molar-refractivity contribution in [3.8, 4) is 11.5 Å². The van der Waals surface area contributed by atoms with E-state index in [1.165, 1.54) is 11.3 Å². The first-order valence-corrected chi connectivity index (χ1v) is 7.22. The van der Waals surface area contributed by atoms with Gasteiger partial charge in [-0.05, 0) is 29.8 Å². The van der Waals surface area contributed by atoms with E-state index in [-0.39, 0.29) is 12.7 Å². The predicted molar refractivity (Wildman–Crippen MR) is 77.7 cm³/mol. The smallest absolute Gasteiger partial charge is 0.264 e. The summed E-state index contributed by atoms with van der Waals surface area (Å²) in [5.74, 6) is 1.43. The molecule has 0 saturated carbocycles. The molecule has 0 aliphatic carbocycles. The molecule has 20 heavy (non-hydrogen) atoms. The van der Waals surface area contributed by atoms with E-state index in [4.69, 9.17) is 21.1 Å². The lowest BCUT2D eigenvalue weighted by molar-refractivity contribution is 0.0789. The van der Waals surface area contributed by atoms with Crippen molar-refractivity contribution in [2.75, 3.05) is 13.8 Å². The summed E-state index contributed by atoms with van der Waals surface area (Å²) in [7, 11) is 1.76. The van der Waals surface area contributed by atoms with Crippen LogP contribution in [0, 0.1) is 0 Å². The van der Waals surface area contributed by atoms with Crippen LogP contribution in [-0.4, -0.2) is 24.6 Å². The Hall–Kier alpha value is -1.72. The van der Waals surface area contributed by atoms with Gasteiger partial charge in [0.15, 0.2) is 11.5 Å². The highest BCUT2D eigenvalue weighted by molar-refractivity contribution is 7.17. The van der Waals surface area contributed by atoms with Crippen LogP contribution in [0.15, 0.2) is 30.3 Å². The molecule has 0 atom stereocenters. The maximum atomic E-state index is 12.2. The van der Waals surface area contributed by atoms with E-state index in [0.29, 0.717) is 15.8 Å². The molecule has 1 amide bonds. The Morgan fingerprint density at radius 2 is 2.10 bits per heavy atom. The predicted octanol–water partition coefficient (Wildman–Crippen LogP) is 3.40. The molecule has 0 radical (unpaired) electrons. The summed E-state index contributed by atoms with van der Waals surface area (Å²) >= 11 is 7.14. The largest absolute Gasteiger partial charge is 0.454 e. The molecular formula is C14H12ClNO3S. The van der Waals surface area contributed by atoms with E-state index >= 15 is 0 Å². The molecule has 0 bridgehead atoms. The Labute approximate surface area is 125 Å². The summed E-state index contributed by atoms with van der Waals surface area (Å²) in [6, 6.07) is 9.16. The van der Waals surface area contributed by atoms with Crippen LogP contribution in [0.25, 0.3) is 0 Å². The number of carbonyl (C=O) groups excluding carboxylic acids is 1. The molecule has 1 aliphatic rings. The van der Waals surface area contributed by atoms with Crippen molar-refractivity contribution in [1.82, 2.24) is 4.90 Å². The fraction of sp³-hybridized carbons (Fsp3) is 0.214. The Bertz CT molecular complexity index is 656. The van der Waals surface area contributed by atoms with Crippen molar-refractivity contribution in [1.29, 1.82) is 0 Å². The molecule has 3 rings (SSSR count). The Balaban J connectivity index is 1.72. The van der Waals surface area contributed by atoms with Gasteiger partial charge in [0.1, 0.15) is 0 Å². The Kier molecular flexibility index (Phi) is 3.54. The molecule has 0 N–H and O–H groups in total. The van der Waals surface area contributed by atoms with Crippen LogP contribution >= 0.6 is 22.9 Å². The lowest BCUT2D eigenvalue weighted by atomic mass is 10.2. The van der Waals surface area contributed by atoms with Gasteiger partial charge < -0.3 is 14.4 Å². The number of thiophene rings is 1. The second-order valence-corrected chi connectivity index (χ2v) is 6.17. The van der Waals surface area contributed by atoms with E-state index in [0.717, 1.165) is 17.1 Å². The van der Waals surface area contributed by atoms with Crippen LogP contribution in [0.4, 0.5) is 0 Å². The fourth-order valence-corrected chi connectivity index (χ4v) is 3.04. The number of benzene rings is 1. The second-order valence-electron chi connectivity index (χ2n) is 4.45. The number of rotatable bonds is 3. The summed E-state index contributed by atoms with van der Waals surface area (Å²) in [4.78, 5) is 14.5. The third-order valence-corrected chi connectivity index (χ3v) is 4.21. The molecule has 2 aromatic rings. The van der Waals surface area contributed by atoms with Gasteiger partial charge in [-0.2, -0.15) is 0 Å². The first-order chi connectivity index (χ1) is 9.63. The van der Waals surface area contributed by atoms with Gasteiger partial charge in [-0.25, -0.2) is 0 Å². The minimum absolute atomic E-state index is 0.0421. The zero-order valence-electron chi connectivity index (χ0n) is 10.8. The zero-order valence-corrected chi connectivity index (χ0v) is 12.3. The van der Waals surface area contributed by atoms with Crippen molar-refractivity contribution < 1.29 is 14.3 Å². The quantitative estimate of drug-likeness (QED) is 0.872. The molecule has 0 unspecified atom stereocenters. The summed E-state index contributed by atoms with van der Waals surface area (Å²) < 4.78 is 11.2. The lowest BCUT2D eigenvalue weighted by Gasteiger charge is -2.16. The number of hydrogen-bond acceptors (Lipinski definition) is 4. The first kappa shape index (κ1) is 13.3. The standard InChI is InChI=1S/C14H12ClNO3S/c1-16(14(17)12-4-5-13(15)20-12)7-9-2-3-10-11(6-9)19-8-18-10/h2-6H,7-8H2,1H3. The third kappa shape index (κ3) is 2.59. The van der Waals surface area contributed by atoms with Crippen LogP contribution in [0.5, 0.6) is 11.5 Å². The van der Waals surface area contributed by atoms with Crippen molar-refractivity contribution in [2.45, 2.75) is 6.54 Å². The maximum Gasteiger partial charge on any atom is 0.264 e. The topological polar surface area (TPSA) is 38.8 Å². The summed E-state index contributed by atoms with van der Waals surface area (Å²) in [6.07, 6.45) is 0. The van der Waals surface area contributed by atoms with Gasteiger partial charge in [-0.1, -0.05) is 17.7 Å². The molecule has 0 saturated heterocycles. The van der Waals surface area contributed by atoms with E-state index in [1.54, 1.807) is 24.1 Å². The van der Waals surface area contributed by atoms with E-state index in [9.17, 15) is 4.79 Å². The van der Waals surface area contributed by atoms with Crippen LogP contribution in [0.3, 0.4) is 0 Å². The third-order valence-electron chi connectivity index (χ3n) is 2.99. The molecule has 6 heteroatoms. The second kappa shape index (κ2) is 5.34. The van der Waals surface area contributed by atoms with E-state index in [1.807, 2.05) is 18.2 Å². The number of carbonyl (C=O) groups is 1. The molecule has 2 heterocycles. The number of halogens is 1. The van der Waals surface area contributed by atoms with Crippen LogP contribution < -0.4 is 9.47 Å². The van der Waals surface area contributed by atoms with Crippen molar-refractivity contribution in [2.24, 2.45) is 0 Å². The van der Waals surface area contributed by atoms with Crippen molar-refractivity contribution >= 4 is 28.8 Å². The highest BCUT2D eigenvalue weighted by Gasteiger charge is 2.17. The Morgan fingerprint density at radius 1 is 1.30 bits per heavy atom. The Morgan fingerprint density at radius 3 is 2.85 bits per heavy atom. The number of hydrogen-bond donors (Lipinski definition) is 0. The van der Waals surface area contributed by atoms with Crippen molar-refractivity contribution in [3.05, 3.63) is 45.1 Å².